The average Bonchev–Trinajstić information content (AvgIpc) is 3.07. The SMILES string of the molecule is O=C1CCC2(CCCC(C3CC3)C2)CN1. The maximum Gasteiger partial charge on any atom is 0.220 e. The quantitative estimate of drug-likeness (QED) is 0.703. The number of rotatable bonds is 1. The van der Waals surface area contributed by atoms with Gasteiger partial charge < -0.3 is 5.32 Å². The van der Waals surface area contributed by atoms with Crippen molar-refractivity contribution < 1.29 is 4.79 Å². The number of carbonyl (C=O) groups excluding carboxylic acids is 1. The van der Waals surface area contributed by atoms with Crippen molar-refractivity contribution in [2.75, 3.05) is 6.54 Å². The summed E-state index contributed by atoms with van der Waals surface area (Å²) in [4.78, 5) is 11.2. The highest BCUT2D eigenvalue weighted by atomic mass is 16.1. The van der Waals surface area contributed by atoms with Crippen LogP contribution in [0.4, 0.5) is 0 Å². The maximum absolute atomic E-state index is 11.2. The van der Waals surface area contributed by atoms with Crippen LogP contribution in [0, 0.1) is 17.3 Å². The van der Waals surface area contributed by atoms with Crippen LogP contribution >= 0.6 is 0 Å². The second-order valence-corrected chi connectivity index (χ2v) is 5.97. The van der Waals surface area contributed by atoms with Gasteiger partial charge in [-0.2, -0.15) is 0 Å². The first-order valence-corrected chi connectivity index (χ1v) is 6.54. The van der Waals surface area contributed by atoms with E-state index in [9.17, 15) is 4.79 Å². The van der Waals surface area contributed by atoms with Crippen LogP contribution in [-0.2, 0) is 4.79 Å². The van der Waals surface area contributed by atoms with Gasteiger partial charge in [0.05, 0.1) is 0 Å². The molecule has 1 N–H and O–H groups in total. The molecule has 1 saturated heterocycles. The van der Waals surface area contributed by atoms with E-state index in [1.807, 2.05) is 0 Å². The van der Waals surface area contributed by atoms with Gasteiger partial charge in [0.25, 0.3) is 0 Å². The number of nitrogens with one attached hydrogen (secondary N) is 1. The molecule has 1 spiro atoms. The molecule has 2 aliphatic carbocycles. The largest absolute Gasteiger partial charge is 0.356 e. The van der Waals surface area contributed by atoms with Crippen LogP contribution in [0.15, 0.2) is 0 Å². The highest BCUT2D eigenvalue weighted by Crippen LogP contribution is 2.51. The Hall–Kier alpha value is -0.530. The molecule has 3 fully saturated rings. The highest BCUT2D eigenvalue weighted by molar-refractivity contribution is 5.76. The van der Waals surface area contributed by atoms with Gasteiger partial charge in [0, 0.05) is 13.0 Å². The van der Waals surface area contributed by atoms with E-state index in [-0.39, 0.29) is 5.91 Å². The predicted octanol–water partition coefficient (Wildman–Crippen LogP) is 2.48. The Morgan fingerprint density at radius 2 is 2.00 bits per heavy atom. The van der Waals surface area contributed by atoms with E-state index in [4.69, 9.17) is 0 Å². The first-order valence-electron chi connectivity index (χ1n) is 6.54. The third-order valence-electron chi connectivity index (χ3n) is 4.81. The van der Waals surface area contributed by atoms with Gasteiger partial charge in [0.2, 0.25) is 5.91 Å². The third-order valence-corrected chi connectivity index (χ3v) is 4.81. The Morgan fingerprint density at radius 3 is 2.67 bits per heavy atom. The molecule has 3 aliphatic rings. The normalized spacial score (nSPS) is 41.6. The summed E-state index contributed by atoms with van der Waals surface area (Å²) < 4.78 is 0. The van der Waals surface area contributed by atoms with E-state index < -0.39 is 0 Å². The highest BCUT2D eigenvalue weighted by Gasteiger charge is 2.43. The summed E-state index contributed by atoms with van der Waals surface area (Å²) in [5.74, 6) is 2.32. The Labute approximate surface area is 91.8 Å². The lowest BCUT2D eigenvalue weighted by Crippen LogP contribution is -2.45. The molecule has 1 heterocycles. The third kappa shape index (κ3) is 1.91. The smallest absolute Gasteiger partial charge is 0.220 e. The molecule has 2 nitrogen and oxygen atoms in total. The minimum atomic E-state index is 0.272. The first kappa shape index (κ1) is 9.68. The standard InChI is InChI=1S/C13H21NO/c15-12-5-7-13(9-14-12)6-1-2-11(8-13)10-3-4-10/h10-11H,1-9H2,(H,14,15). The second kappa shape index (κ2) is 3.50. The monoisotopic (exact) mass is 207 g/mol. The van der Waals surface area contributed by atoms with Crippen LogP contribution < -0.4 is 5.32 Å². The predicted molar refractivity (Wildman–Crippen MR) is 59.4 cm³/mol. The number of carbonyl (C=O) groups is 1. The molecule has 3 rings (SSSR count). The summed E-state index contributed by atoms with van der Waals surface area (Å²) in [7, 11) is 0. The van der Waals surface area contributed by atoms with Gasteiger partial charge in [-0.15, -0.1) is 0 Å². The lowest BCUT2D eigenvalue weighted by Gasteiger charge is -2.43. The van der Waals surface area contributed by atoms with Gasteiger partial charge in [-0.3, -0.25) is 4.79 Å². The van der Waals surface area contributed by atoms with Crippen molar-refractivity contribution in [1.29, 1.82) is 0 Å². The molecule has 0 aromatic rings. The van der Waals surface area contributed by atoms with Crippen molar-refractivity contribution in [3.63, 3.8) is 0 Å². The fraction of sp³-hybridized carbons (Fsp3) is 0.923. The van der Waals surface area contributed by atoms with E-state index >= 15 is 0 Å². The van der Waals surface area contributed by atoms with Crippen LogP contribution in [0.25, 0.3) is 0 Å². The van der Waals surface area contributed by atoms with E-state index in [2.05, 4.69) is 5.32 Å². The lowest BCUT2D eigenvalue weighted by molar-refractivity contribution is -0.125. The summed E-state index contributed by atoms with van der Waals surface area (Å²) in [6.45, 7) is 0.967. The van der Waals surface area contributed by atoms with Crippen LogP contribution in [0.1, 0.15) is 51.4 Å². The maximum atomic E-state index is 11.2. The van der Waals surface area contributed by atoms with Crippen LogP contribution in [-0.4, -0.2) is 12.5 Å². The topological polar surface area (TPSA) is 29.1 Å². The minimum Gasteiger partial charge on any atom is -0.356 e. The zero-order chi connectivity index (χ0) is 10.3. The first-order chi connectivity index (χ1) is 7.27. The Balaban J connectivity index is 1.66. The van der Waals surface area contributed by atoms with Crippen LogP contribution in [0.3, 0.4) is 0 Å². The summed E-state index contributed by atoms with van der Waals surface area (Å²) in [6, 6.07) is 0. The van der Waals surface area contributed by atoms with E-state index in [0.717, 1.165) is 31.2 Å². The second-order valence-electron chi connectivity index (χ2n) is 5.97. The molecule has 2 unspecified atom stereocenters. The van der Waals surface area contributed by atoms with Crippen molar-refractivity contribution in [1.82, 2.24) is 5.32 Å². The number of hydrogen-bond acceptors (Lipinski definition) is 1. The molecule has 2 saturated carbocycles. The van der Waals surface area contributed by atoms with Gasteiger partial charge >= 0.3 is 0 Å². The van der Waals surface area contributed by atoms with Crippen molar-refractivity contribution in [2.45, 2.75) is 51.4 Å². The summed E-state index contributed by atoms with van der Waals surface area (Å²) in [5, 5.41) is 3.08. The average molecular weight is 207 g/mol. The van der Waals surface area contributed by atoms with E-state index in [1.54, 1.807) is 0 Å². The van der Waals surface area contributed by atoms with Gasteiger partial charge in [0.15, 0.2) is 0 Å². The summed E-state index contributed by atoms with van der Waals surface area (Å²) in [6.07, 6.45) is 10.5. The van der Waals surface area contributed by atoms with Crippen LogP contribution in [0.5, 0.6) is 0 Å². The Morgan fingerprint density at radius 1 is 1.13 bits per heavy atom. The summed E-state index contributed by atoms with van der Waals surface area (Å²) >= 11 is 0. The zero-order valence-corrected chi connectivity index (χ0v) is 9.43. The Kier molecular flexibility index (Phi) is 2.26. The zero-order valence-electron chi connectivity index (χ0n) is 9.43. The molecule has 1 aliphatic heterocycles. The fourth-order valence-corrected chi connectivity index (χ4v) is 3.70. The van der Waals surface area contributed by atoms with Crippen molar-refractivity contribution >= 4 is 5.91 Å². The molecule has 84 valence electrons. The molecular formula is C13H21NO. The Bertz CT molecular complexity index is 260. The van der Waals surface area contributed by atoms with Crippen molar-refractivity contribution in [3.8, 4) is 0 Å². The summed E-state index contributed by atoms with van der Waals surface area (Å²) in [5.41, 5.74) is 0.499. The molecule has 2 heteroatoms. The number of amides is 1. The van der Waals surface area contributed by atoms with Gasteiger partial charge in [-0.25, -0.2) is 0 Å². The molecular weight excluding hydrogens is 186 g/mol. The van der Waals surface area contributed by atoms with E-state index in [0.29, 0.717) is 5.41 Å². The molecule has 15 heavy (non-hydrogen) atoms. The van der Waals surface area contributed by atoms with Crippen molar-refractivity contribution in [2.24, 2.45) is 17.3 Å². The molecule has 0 radical (unpaired) electrons. The number of piperidine rings is 1. The molecule has 0 aromatic carbocycles. The van der Waals surface area contributed by atoms with Gasteiger partial charge in [-0.05, 0) is 49.4 Å². The number of hydrogen-bond donors (Lipinski definition) is 1. The van der Waals surface area contributed by atoms with Crippen molar-refractivity contribution in [3.05, 3.63) is 0 Å². The lowest BCUT2D eigenvalue weighted by atomic mass is 9.65. The van der Waals surface area contributed by atoms with Crippen LogP contribution in [0.2, 0.25) is 0 Å². The fourth-order valence-electron chi connectivity index (χ4n) is 3.70. The molecule has 1 amide bonds. The van der Waals surface area contributed by atoms with Gasteiger partial charge in [-0.1, -0.05) is 12.8 Å². The minimum absolute atomic E-state index is 0.272. The molecule has 2 atom stereocenters. The molecule has 0 aromatic heterocycles. The van der Waals surface area contributed by atoms with E-state index in [1.165, 1.54) is 38.5 Å². The molecule has 0 bridgehead atoms. The van der Waals surface area contributed by atoms with Gasteiger partial charge in [0.1, 0.15) is 0 Å².